The minimum atomic E-state index is -0.120. The lowest BCUT2D eigenvalue weighted by molar-refractivity contribution is 0.104. The van der Waals surface area contributed by atoms with E-state index in [4.69, 9.17) is 10.5 Å². The first kappa shape index (κ1) is 13.5. The molecule has 0 heterocycles. The van der Waals surface area contributed by atoms with Crippen LogP contribution < -0.4 is 0 Å². The molecule has 19 heavy (non-hydrogen) atoms. The number of hydrogen-bond acceptors (Lipinski definition) is 3. The number of halogens is 1. The molecule has 0 bridgehead atoms. The second kappa shape index (κ2) is 4.99. The zero-order chi connectivity index (χ0) is 14.2. The molecule has 0 N–H and O–H groups in total. The molecule has 1 aromatic rings. The van der Waals surface area contributed by atoms with Crippen LogP contribution in [0.25, 0.3) is 5.57 Å². The normalized spacial score (nSPS) is 15.1. The molecule has 1 aliphatic carbocycles. The summed E-state index contributed by atoms with van der Waals surface area (Å²) in [7, 11) is 0. The first-order chi connectivity index (χ1) is 9.04. The monoisotopic (exact) mass is 360 g/mol. The van der Waals surface area contributed by atoms with Gasteiger partial charge >= 0.3 is 0 Å². The SMILES string of the molecule is Cc1cc2c(cc1C)C(=C(C#N)C#N)/C(=C\I)C2=O. The smallest absolute Gasteiger partial charge is 0.194 e. The predicted octanol–water partition coefficient (Wildman–Crippen LogP) is 3.62. The number of carbonyl (C=O) groups is 1. The Morgan fingerprint density at radius 3 is 2.16 bits per heavy atom. The molecular weight excluding hydrogens is 351 g/mol. The fourth-order valence-electron chi connectivity index (χ4n) is 2.12. The summed E-state index contributed by atoms with van der Waals surface area (Å²) in [5.41, 5.74) is 4.20. The summed E-state index contributed by atoms with van der Waals surface area (Å²) in [6.07, 6.45) is 0. The molecule has 0 atom stereocenters. The van der Waals surface area contributed by atoms with Gasteiger partial charge in [0.2, 0.25) is 0 Å². The molecule has 2 rings (SSSR count). The Morgan fingerprint density at radius 2 is 1.68 bits per heavy atom. The number of rotatable bonds is 0. The lowest BCUT2D eigenvalue weighted by Crippen LogP contribution is -1.95. The summed E-state index contributed by atoms with van der Waals surface area (Å²) in [6, 6.07) is 7.45. The Morgan fingerprint density at radius 1 is 1.16 bits per heavy atom. The largest absolute Gasteiger partial charge is 0.289 e. The van der Waals surface area contributed by atoms with Gasteiger partial charge in [-0.25, -0.2) is 0 Å². The number of allylic oxidation sites excluding steroid dienone is 3. The van der Waals surface area contributed by atoms with Gasteiger partial charge in [-0.05, 0) is 40.7 Å². The van der Waals surface area contributed by atoms with E-state index in [2.05, 4.69) is 0 Å². The topological polar surface area (TPSA) is 64.7 Å². The Balaban J connectivity index is 2.91. The second-order valence-corrected chi connectivity index (χ2v) is 4.93. The molecule has 0 saturated heterocycles. The van der Waals surface area contributed by atoms with Gasteiger partial charge in [-0.15, -0.1) is 0 Å². The van der Waals surface area contributed by atoms with Crippen molar-refractivity contribution in [2.24, 2.45) is 0 Å². The average Bonchev–Trinajstić information content (AvgIpc) is 2.65. The predicted molar refractivity (Wildman–Crippen MR) is 80.5 cm³/mol. The van der Waals surface area contributed by atoms with Crippen LogP contribution in [0.2, 0.25) is 0 Å². The lowest BCUT2D eigenvalue weighted by atomic mass is 9.97. The average molecular weight is 360 g/mol. The summed E-state index contributed by atoms with van der Waals surface area (Å²) in [5.74, 6) is -0.120. The molecule has 0 amide bonds. The summed E-state index contributed by atoms with van der Waals surface area (Å²) >= 11 is 1.97. The Kier molecular flexibility index (Phi) is 3.55. The molecule has 0 radical (unpaired) electrons. The number of carbonyl (C=O) groups excluding carboxylic acids is 1. The van der Waals surface area contributed by atoms with E-state index in [9.17, 15) is 4.79 Å². The van der Waals surface area contributed by atoms with Crippen molar-refractivity contribution in [3.05, 3.63) is 49.6 Å². The van der Waals surface area contributed by atoms with Gasteiger partial charge in [0.05, 0.1) is 0 Å². The highest BCUT2D eigenvalue weighted by Gasteiger charge is 2.32. The number of nitriles is 2. The molecule has 92 valence electrons. The maximum absolute atomic E-state index is 12.3. The van der Waals surface area contributed by atoms with Gasteiger partial charge < -0.3 is 0 Å². The Bertz CT molecular complexity index is 727. The number of aryl methyl sites for hydroxylation is 2. The van der Waals surface area contributed by atoms with E-state index in [0.29, 0.717) is 22.3 Å². The zero-order valence-corrected chi connectivity index (χ0v) is 12.6. The fraction of sp³-hybridized carbons (Fsp3) is 0.133. The van der Waals surface area contributed by atoms with Gasteiger partial charge in [0.25, 0.3) is 0 Å². The third-order valence-corrected chi connectivity index (χ3v) is 3.87. The van der Waals surface area contributed by atoms with Crippen LogP contribution in [0.15, 0.2) is 27.4 Å². The van der Waals surface area contributed by atoms with Crippen LogP contribution in [-0.2, 0) is 0 Å². The third-order valence-electron chi connectivity index (χ3n) is 3.24. The number of Topliss-reactive ketones (excluding diaryl/α,β-unsaturated/α-hetero) is 1. The van der Waals surface area contributed by atoms with Crippen molar-refractivity contribution in [2.75, 3.05) is 0 Å². The van der Waals surface area contributed by atoms with E-state index in [1.54, 1.807) is 4.08 Å². The van der Waals surface area contributed by atoms with Crippen molar-refractivity contribution in [2.45, 2.75) is 13.8 Å². The maximum atomic E-state index is 12.3. The molecule has 0 aliphatic heterocycles. The van der Waals surface area contributed by atoms with Gasteiger partial charge in [-0.1, -0.05) is 28.7 Å². The van der Waals surface area contributed by atoms with Crippen LogP contribution in [0.3, 0.4) is 0 Å². The van der Waals surface area contributed by atoms with Crippen LogP contribution in [0, 0.1) is 36.5 Å². The van der Waals surface area contributed by atoms with Gasteiger partial charge in [-0.2, -0.15) is 10.5 Å². The van der Waals surface area contributed by atoms with Crippen LogP contribution in [-0.4, -0.2) is 5.78 Å². The van der Waals surface area contributed by atoms with Crippen LogP contribution in [0.4, 0.5) is 0 Å². The Labute approximate surface area is 125 Å². The fourth-order valence-corrected chi connectivity index (χ4v) is 2.72. The minimum absolute atomic E-state index is 0.0155. The van der Waals surface area contributed by atoms with E-state index in [0.717, 1.165) is 11.1 Å². The highest BCUT2D eigenvalue weighted by molar-refractivity contribution is 14.1. The van der Waals surface area contributed by atoms with E-state index < -0.39 is 0 Å². The van der Waals surface area contributed by atoms with Gasteiger partial charge in [0.1, 0.15) is 17.7 Å². The molecular formula is C15H9IN2O. The van der Waals surface area contributed by atoms with Crippen molar-refractivity contribution >= 4 is 33.9 Å². The molecule has 0 saturated carbocycles. The summed E-state index contributed by atoms with van der Waals surface area (Å²) in [4.78, 5) is 12.3. The first-order valence-electron chi connectivity index (χ1n) is 5.56. The molecule has 0 fully saturated rings. The highest BCUT2D eigenvalue weighted by Crippen LogP contribution is 2.40. The number of benzene rings is 1. The summed E-state index contributed by atoms with van der Waals surface area (Å²) in [6.45, 7) is 3.88. The molecule has 3 nitrogen and oxygen atoms in total. The lowest BCUT2D eigenvalue weighted by Gasteiger charge is -2.05. The zero-order valence-electron chi connectivity index (χ0n) is 10.4. The molecule has 0 aromatic heterocycles. The van der Waals surface area contributed by atoms with Crippen molar-refractivity contribution in [3.8, 4) is 12.1 Å². The van der Waals surface area contributed by atoms with Crippen molar-refractivity contribution < 1.29 is 4.79 Å². The van der Waals surface area contributed by atoms with Crippen molar-refractivity contribution in [1.29, 1.82) is 10.5 Å². The van der Waals surface area contributed by atoms with E-state index in [1.807, 2.05) is 60.7 Å². The number of nitrogens with zero attached hydrogens (tertiary/aromatic N) is 2. The molecule has 0 unspecified atom stereocenters. The molecule has 1 aromatic carbocycles. The maximum Gasteiger partial charge on any atom is 0.194 e. The quantitative estimate of drug-likeness (QED) is 0.403. The van der Waals surface area contributed by atoms with Crippen molar-refractivity contribution in [1.82, 2.24) is 0 Å². The van der Waals surface area contributed by atoms with Gasteiger partial charge in [-0.3, -0.25) is 4.79 Å². The van der Waals surface area contributed by atoms with Crippen LogP contribution in [0.1, 0.15) is 27.0 Å². The van der Waals surface area contributed by atoms with Crippen LogP contribution in [0.5, 0.6) is 0 Å². The highest BCUT2D eigenvalue weighted by atomic mass is 127. The molecule has 4 heteroatoms. The van der Waals surface area contributed by atoms with Crippen LogP contribution >= 0.6 is 22.6 Å². The molecule has 0 spiro atoms. The van der Waals surface area contributed by atoms with Crippen molar-refractivity contribution in [3.63, 3.8) is 0 Å². The van der Waals surface area contributed by atoms with E-state index >= 15 is 0 Å². The Hall–Kier alpha value is -1.92. The number of fused-ring (bicyclic) bond motifs is 1. The first-order valence-corrected chi connectivity index (χ1v) is 6.81. The number of hydrogen-bond donors (Lipinski definition) is 0. The van der Waals surface area contributed by atoms with Gasteiger partial charge in [0.15, 0.2) is 5.78 Å². The second-order valence-electron chi connectivity index (χ2n) is 4.31. The molecule has 1 aliphatic rings. The van der Waals surface area contributed by atoms with Gasteiger partial charge in [0, 0.05) is 16.7 Å². The standard InChI is InChI=1S/C15H9IN2O/c1-8-3-11-12(4-9(8)2)15(19)13(5-16)14(11)10(6-17)7-18/h3-5H,1-2H3/b13-5+. The summed E-state index contributed by atoms with van der Waals surface area (Å²) < 4.78 is 1.63. The number of ketones is 1. The van der Waals surface area contributed by atoms with E-state index in [1.165, 1.54) is 0 Å². The summed E-state index contributed by atoms with van der Waals surface area (Å²) in [5, 5.41) is 18.1. The minimum Gasteiger partial charge on any atom is -0.289 e. The third kappa shape index (κ3) is 1.98. The van der Waals surface area contributed by atoms with E-state index in [-0.39, 0.29) is 11.4 Å².